The normalized spacial score (nSPS) is 11.9. The molecule has 2 aromatic rings. The van der Waals surface area contributed by atoms with E-state index in [1.165, 1.54) is 7.11 Å². The van der Waals surface area contributed by atoms with Crippen molar-refractivity contribution in [2.45, 2.75) is 19.8 Å². The van der Waals surface area contributed by atoms with Gasteiger partial charge in [-0.3, -0.25) is 4.79 Å². The molecule has 1 N–H and O–H groups in total. The van der Waals surface area contributed by atoms with Crippen LogP contribution in [0.4, 0.5) is 0 Å². The Morgan fingerprint density at radius 1 is 1.30 bits per heavy atom. The second kappa shape index (κ2) is 7.17. The summed E-state index contributed by atoms with van der Waals surface area (Å²) < 4.78 is 12.2. The Hall–Kier alpha value is -2.50. The van der Waals surface area contributed by atoms with Crippen LogP contribution in [0.1, 0.15) is 34.5 Å². The molecule has 0 aliphatic heterocycles. The number of amides is 1. The molecule has 1 aromatic heterocycles. The number of para-hydroxylation sites is 1. The maximum Gasteiger partial charge on any atom is 0.258 e. The number of rotatable bonds is 6. The monoisotopic (exact) mass is 317 g/mol. The van der Waals surface area contributed by atoms with Gasteiger partial charge in [-0.15, -0.1) is 0 Å². The Morgan fingerprint density at radius 3 is 2.65 bits per heavy atom. The second-order valence-corrected chi connectivity index (χ2v) is 5.45. The molecule has 2 rings (SSSR count). The average Bonchev–Trinajstić information content (AvgIpc) is 2.85. The van der Waals surface area contributed by atoms with Crippen LogP contribution in [0.5, 0.6) is 11.6 Å². The van der Waals surface area contributed by atoms with E-state index >= 15 is 0 Å². The minimum absolute atomic E-state index is 0.123. The third kappa shape index (κ3) is 3.47. The lowest BCUT2D eigenvalue weighted by Gasteiger charge is -2.16. The van der Waals surface area contributed by atoms with Gasteiger partial charge in [-0.1, -0.05) is 25.1 Å². The quantitative estimate of drug-likeness (QED) is 0.888. The van der Waals surface area contributed by atoms with E-state index < -0.39 is 0 Å². The summed E-state index contributed by atoms with van der Waals surface area (Å²) in [5.74, 6) is 1.22. The van der Waals surface area contributed by atoms with Crippen LogP contribution in [0.15, 0.2) is 24.3 Å². The molecule has 6 nitrogen and oxygen atoms in total. The summed E-state index contributed by atoms with van der Waals surface area (Å²) in [6.07, 6.45) is 0. The Balaban J connectivity index is 2.10. The van der Waals surface area contributed by atoms with E-state index in [4.69, 9.17) is 9.47 Å². The van der Waals surface area contributed by atoms with Crippen LogP contribution >= 0.6 is 0 Å². The zero-order valence-corrected chi connectivity index (χ0v) is 14.2. The topological polar surface area (TPSA) is 65.4 Å². The highest BCUT2D eigenvalue weighted by atomic mass is 16.5. The Bertz CT molecular complexity index is 694. The molecule has 0 saturated carbocycles. The van der Waals surface area contributed by atoms with Crippen LogP contribution in [0, 0.1) is 6.92 Å². The van der Waals surface area contributed by atoms with Crippen LogP contribution in [-0.4, -0.2) is 36.5 Å². The van der Waals surface area contributed by atoms with Crippen molar-refractivity contribution in [3.8, 4) is 11.6 Å². The molecule has 0 fully saturated rings. The molecule has 1 heterocycles. The van der Waals surface area contributed by atoms with Crippen molar-refractivity contribution in [1.82, 2.24) is 15.1 Å². The molecular formula is C17H23N3O3. The zero-order chi connectivity index (χ0) is 17.0. The molecule has 0 radical (unpaired) electrons. The fourth-order valence-corrected chi connectivity index (χ4v) is 2.65. The molecule has 6 heteroatoms. The van der Waals surface area contributed by atoms with E-state index in [0.29, 0.717) is 23.7 Å². The van der Waals surface area contributed by atoms with Crippen LogP contribution in [0.2, 0.25) is 0 Å². The van der Waals surface area contributed by atoms with Gasteiger partial charge in [-0.25, -0.2) is 4.68 Å². The van der Waals surface area contributed by atoms with Gasteiger partial charge in [0.15, 0.2) is 0 Å². The van der Waals surface area contributed by atoms with Crippen LogP contribution in [-0.2, 0) is 7.05 Å². The average molecular weight is 317 g/mol. The summed E-state index contributed by atoms with van der Waals surface area (Å²) in [6.45, 7) is 4.34. The number of methoxy groups -OCH3 is 2. The fraction of sp³-hybridized carbons (Fsp3) is 0.412. The van der Waals surface area contributed by atoms with Crippen molar-refractivity contribution < 1.29 is 14.3 Å². The lowest BCUT2D eigenvalue weighted by molar-refractivity contribution is 0.0947. The van der Waals surface area contributed by atoms with Gasteiger partial charge >= 0.3 is 0 Å². The number of carbonyl (C=O) groups excluding carboxylic acids is 1. The molecule has 0 unspecified atom stereocenters. The van der Waals surface area contributed by atoms with E-state index in [-0.39, 0.29) is 11.8 Å². The van der Waals surface area contributed by atoms with Gasteiger partial charge in [0.1, 0.15) is 11.3 Å². The minimum atomic E-state index is -0.186. The standard InChI is InChI=1S/C17H23N3O3/c1-11(13-8-6-7-9-14(13)22-4)10-18-16(21)15-12(2)19-20(3)17(15)23-5/h6-9,11H,10H2,1-5H3,(H,18,21)/t11-/m0/s1. The molecule has 0 aliphatic rings. The molecule has 0 spiro atoms. The number of benzene rings is 1. The first-order chi connectivity index (χ1) is 11.0. The Labute approximate surface area is 136 Å². The van der Waals surface area contributed by atoms with Gasteiger partial charge in [0, 0.05) is 19.5 Å². The van der Waals surface area contributed by atoms with Gasteiger partial charge in [0.05, 0.1) is 19.9 Å². The lowest BCUT2D eigenvalue weighted by Crippen LogP contribution is -2.28. The van der Waals surface area contributed by atoms with Crippen molar-refractivity contribution in [3.05, 3.63) is 41.1 Å². The third-order valence-electron chi connectivity index (χ3n) is 3.83. The largest absolute Gasteiger partial charge is 0.496 e. The zero-order valence-electron chi connectivity index (χ0n) is 14.2. The van der Waals surface area contributed by atoms with Crippen LogP contribution in [0.25, 0.3) is 0 Å². The van der Waals surface area contributed by atoms with Gasteiger partial charge < -0.3 is 14.8 Å². The maximum atomic E-state index is 12.5. The van der Waals surface area contributed by atoms with Crippen molar-refractivity contribution >= 4 is 5.91 Å². The third-order valence-corrected chi connectivity index (χ3v) is 3.83. The van der Waals surface area contributed by atoms with Gasteiger partial charge in [-0.05, 0) is 18.6 Å². The summed E-state index contributed by atoms with van der Waals surface area (Å²) in [5, 5.41) is 7.18. The molecule has 1 aromatic carbocycles. The number of hydrogen-bond acceptors (Lipinski definition) is 4. The number of nitrogens with zero attached hydrogens (tertiary/aromatic N) is 2. The van der Waals surface area contributed by atoms with E-state index in [2.05, 4.69) is 10.4 Å². The number of aryl methyl sites for hydroxylation is 2. The maximum absolute atomic E-state index is 12.5. The van der Waals surface area contributed by atoms with Crippen molar-refractivity contribution in [2.24, 2.45) is 7.05 Å². The number of nitrogens with one attached hydrogen (secondary N) is 1. The molecule has 0 saturated heterocycles. The highest BCUT2D eigenvalue weighted by molar-refractivity contribution is 5.97. The predicted molar refractivity (Wildman–Crippen MR) is 88.2 cm³/mol. The molecule has 1 amide bonds. The lowest BCUT2D eigenvalue weighted by atomic mass is 10.00. The van der Waals surface area contributed by atoms with E-state index in [0.717, 1.165) is 11.3 Å². The molecule has 1 atom stereocenters. The number of aromatic nitrogens is 2. The SMILES string of the molecule is COc1ccccc1[C@@H](C)CNC(=O)c1c(C)nn(C)c1OC. The Kier molecular flexibility index (Phi) is 5.26. The minimum Gasteiger partial charge on any atom is -0.496 e. The molecule has 0 aliphatic carbocycles. The predicted octanol–water partition coefficient (Wildman–Crippen LogP) is 2.28. The molecular weight excluding hydrogens is 294 g/mol. The number of ether oxygens (including phenoxy) is 2. The van der Waals surface area contributed by atoms with Gasteiger partial charge in [0.2, 0.25) is 5.88 Å². The van der Waals surface area contributed by atoms with Gasteiger partial charge in [0.25, 0.3) is 5.91 Å². The van der Waals surface area contributed by atoms with Gasteiger partial charge in [-0.2, -0.15) is 5.10 Å². The van der Waals surface area contributed by atoms with Crippen LogP contribution in [0.3, 0.4) is 0 Å². The summed E-state index contributed by atoms with van der Waals surface area (Å²) >= 11 is 0. The first-order valence-electron chi connectivity index (χ1n) is 7.48. The fourth-order valence-electron chi connectivity index (χ4n) is 2.65. The second-order valence-electron chi connectivity index (χ2n) is 5.45. The summed E-state index contributed by atoms with van der Waals surface area (Å²) in [6, 6.07) is 7.81. The van der Waals surface area contributed by atoms with E-state index in [1.807, 2.05) is 31.2 Å². The highest BCUT2D eigenvalue weighted by Gasteiger charge is 2.22. The number of hydrogen-bond donors (Lipinski definition) is 1. The van der Waals surface area contributed by atoms with E-state index in [1.54, 1.807) is 25.8 Å². The molecule has 124 valence electrons. The molecule has 23 heavy (non-hydrogen) atoms. The summed E-state index contributed by atoms with van der Waals surface area (Å²) in [7, 11) is 4.93. The first kappa shape index (κ1) is 16.9. The Morgan fingerprint density at radius 2 is 2.00 bits per heavy atom. The summed E-state index contributed by atoms with van der Waals surface area (Å²) in [5.41, 5.74) is 2.18. The summed E-state index contributed by atoms with van der Waals surface area (Å²) in [4.78, 5) is 12.5. The number of carbonyl (C=O) groups is 1. The molecule has 0 bridgehead atoms. The first-order valence-corrected chi connectivity index (χ1v) is 7.48. The van der Waals surface area contributed by atoms with Crippen molar-refractivity contribution in [3.63, 3.8) is 0 Å². The van der Waals surface area contributed by atoms with Crippen molar-refractivity contribution in [1.29, 1.82) is 0 Å². The van der Waals surface area contributed by atoms with Crippen LogP contribution < -0.4 is 14.8 Å². The highest BCUT2D eigenvalue weighted by Crippen LogP contribution is 2.26. The van der Waals surface area contributed by atoms with Crippen molar-refractivity contribution in [2.75, 3.05) is 20.8 Å². The smallest absolute Gasteiger partial charge is 0.258 e. The van der Waals surface area contributed by atoms with E-state index in [9.17, 15) is 4.79 Å².